The number of hydrogen-bond acceptors (Lipinski definition) is 7. The van der Waals surface area contributed by atoms with Crippen LogP contribution in [0, 0.1) is 11.3 Å². The van der Waals surface area contributed by atoms with Crippen LogP contribution < -0.4 is 19.9 Å². The molecular formula is C23H21BrN4O4. The molecule has 0 fully saturated rings. The highest BCUT2D eigenvalue weighted by molar-refractivity contribution is 9.10. The number of allylic oxidation sites excluding steroid dienone is 1. The quantitative estimate of drug-likeness (QED) is 0.456. The van der Waals surface area contributed by atoms with E-state index in [4.69, 9.17) is 19.9 Å². The van der Waals surface area contributed by atoms with Crippen molar-refractivity contribution in [2.24, 2.45) is 5.73 Å². The van der Waals surface area contributed by atoms with Gasteiger partial charge in [0.1, 0.15) is 17.4 Å². The Balaban J connectivity index is 1.89. The van der Waals surface area contributed by atoms with Gasteiger partial charge in [0.2, 0.25) is 11.8 Å². The number of rotatable bonds is 6. The SMILES string of the molecule is CCOc1ccc(-c2[nH]nc3c2C(c2cc(Br)c(O)c(OCC)c2)C(C#N)=C(N)O3)cc1. The molecular weight excluding hydrogens is 476 g/mol. The smallest absolute Gasteiger partial charge is 0.244 e. The number of nitrogens with two attached hydrogens (primary N) is 1. The van der Waals surface area contributed by atoms with Gasteiger partial charge in [0, 0.05) is 5.56 Å². The highest BCUT2D eigenvalue weighted by atomic mass is 79.9. The van der Waals surface area contributed by atoms with Crippen LogP contribution >= 0.6 is 15.9 Å². The number of fused-ring (bicyclic) bond motifs is 1. The molecule has 2 aromatic carbocycles. The molecule has 0 amide bonds. The lowest BCUT2D eigenvalue weighted by atomic mass is 9.83. The highest BCUT2D eigenvalue weighted by Gasteiger charge is 2.36. The minimum atomic E-state index is -0.583. The first-order valence-corrected chi connectivity index (χ1v) is 10.8. The zero-order valence-corrected chi connectivity index (χ0v) is 19.1. The summed E-state index contributed by atoms with van der Waals surface area (Å²) in [6.45, 7) is 4.69. The van der Waals surface area contributed by atoms with Crippen molar-refractivity contribution in [2.75, 3.05) is 13.2 Å². The van der Waals surface area contributed by atoms with Crippen LogP contribution in [0.25, 0.3) is 11.3 Å². The maximum Gasteiger partial charge on any atom is 0.244 e. The summed E-state index contributed by atoms with van der Waals surface area (Å²) < 4.78 is 17.2. The van der Waals surface area contributed by atoms with Gasteiger partial charge in [-0.05, 0) is 71.7 Å². The average Bonchev–Trinajstić information content (AvgIpc) is 3.20. The molecule has 9 heteroatoms. The third-order valence-electron chi connectivity index (χ3n) is 5.08. The summed E-state index contributed by atoms with van der Waals surface area (Å²) in [5.74, 6) is 0.724. The second-order valence-electron chi connectivity index (χ2n) is 6.98. The first kappa shape index (κ1) is 21.6. The molecule has 32 heavy (non-hydrogen) atoms. The molecule has 1 aliphatic heterocycles. The number of aromatic amines is 1. The lowest BCUT2D eigenvalue weighted by Crippen LogP contribution is -2.21. The van der Waals surface area contributed by atoms with Gasteiger partial charge < -0.3 is 25.1 Å². The molecule has 4 N–H and O–H groups in total. The number of aromatic hydroxyl groups is 1. The Morgan fingerprint density at radius 1 is 1.22 bits per heavy atom. The van der Waals surface area contributed by atoms with Gasteiger partial charge in [-0.2, -0.15) is 5.26 Å². The molecule has 0 spiro atoms. The van der Waals surface area contributed by atoms with Gasteiger partial charge in [0.25, 0.3) is 0 Å². The van der Waals surface area contributed by atoms with Crippen LogP contribution in [-0.2, 0) is 0 Å². The van der Waals surface area contributed by atoms with Crippen molar-refractivity contribution < 1.29 is 19.3 Å². The zero-order chi connectivity index (χ0) is 22.8. The Bertz CT molecular complexity index is 1230. The number of benzene rings is 2. The molecule has 0 radical (unpaired) electrons. The van der Waals surface area contributed by atoms with E-state index in [-0.39, 0.29) is 23.1 Å². The number of nitrogens with one attached hydrogen (secondary N) is 1. The standard InChI is InChI=1S/C23H21BrN4O4/c1-3-30-14-7-5-12(6-8-14)20-19-18(15(11-25)22(26)32-23(19)28-27-20)13-9-16(24)21(29)17(10-13)31-4-2/h5-10,18,29H,3-4,26H2,1-2H3,(H,27,28). The van der Waals surface area contributed by atoms with Crippen molar-refractivity contribution in [3.8, 4) is 40.5 Å². The first-order valence-electron chi connectivity index (χ1n) is 10.0. The van der Waals surface area contributed by atoms with Gasteiger partial charge >= 0.3 is 0 Å². The van der Waals surface area contributed by atoms with E-state index in [1.807, 2.05) is 38.1 Å². The topological polar surface area (TPSA) is 126 Å². The predicted molar refractivity (Wildman–Crippen MR) is 121 cm³/mol. The summed E-state index contributed by atoms with van der Waals surface area (Å²) in [6, 6.07) is 13.1. The molecule has 1 aromatic heterocycles. The Labute approximate surface area is 193 Å². The fourth-order valence-electron chi connectivity index (χ4n) is 3.71. The van der Waals surface area contributed by atoms with E-state index < -0.39 is 5.92 Å². The lowest BCUT2D eigenvalue weighted by molar-refractivity contribution is 0.316. The van der Waals surface area contributed by atoms with E-state index in [2.05, 4.69) is 32.2 Å². The van der Waals surface area contributed by atoms with Gasteiger partial charge in [-0.3, -0.25) is 5.10 Å². The van der Waals surface area contributed by atoms with Crippen LogP contribution in [-0.4, -0.2) is 28.5 Å². The fourth-order valence-corrected chi connectivity index (χ4v) is 4.17. The van der Waals surface area contributed by atoms with Gasteiger partial charge in [-0.1, -0.05) is 0 Å². The highest BCUT2D eigenvalue weighted by Crippen LogP contribution is 2.48. The fraction of sp³-hybridized carbons (Fsp3) is 0.217. The van der Waals surface area contributed by atoms with Gasteiger partial charge in [0.05, 0.1) is 34.9 Å². The van der Waals surface area contributed by atoms with Crippen LogP contribution in [0.5, 0.6) is 23.1 Å². The predicted octanol–water partition coefficient (Wildman–Crippen LogP) is 4.56. The van der Waals surface area contributed by atoms with Crippen molar-refractivity contribution in [1.29, 1.82) is 5.26 Å². The van der Waals surface area contributed by atoms with E-state index >= 15 is 0 Å². The number of H-pyrrole nitrogens is 1. The average molecular weight is 497 g/mol. The molecule has 4 rings (SSSR count). The minimum Gasteiger partial charge on any atom is -0.503 e. The molecule has 164 valence electrons. The van der Waals surface area contributed by atoms with Gasteiger partial charge in [-0.15, -0.1) is 5.10 Å². The maximum absolute atomic E-state index is 10.4. The van der Waals surface area contributed by atoms with Crippen molar-refractivity contribution >= 4 is 15.9 Å². The van der Waals surface area contributed by atoms with E-state index in [0.717, 1.165) is 11.3 Å². The minimum absolute atomic E-state index is 0.0164. The molecule has 1 aliphatic rings. The Kier molecular flexibility index (Phi) is 5.97. The largest absolute Gasteiger partial charge is 0.503 e. The van der Waals surface area contributed by atoms with Crippen LogP contribution in [0.3, 0.4) is 0 Å². The monoisotopic (exact) mass is 496 g/mol. The van der Waals surface area contributed by atoms with Crippen LogP contribution in [0.4, 0.5) is 0 Å². The zero-order valence-electron chi connectivity index (χ0n) is 17.5. The molecule has 1 unspecified atom stereocenters. The number of ether oxygens (including phenoxy) is 3. The number of halogens is 1. The normalized spacial score (nSPS) is 15.0. The van der Waals surface area contributed by atoms with Gasteiger partial charge in [0.15, 0.2) is 11.5 Å². The Morgan fingerprint density at radius 3 is 2.59 bits per heavy atom. The second kappa shape index (κ2) is 8.85. The summed E-state index contributed by atoms with van der Waals surface area (Å²) >= 11 is 3.38. The number of nitrogens with zero attached hydrogens (tertiary/aromatic N) is 2. The summed E-state index contributed by atoms with van der Waals surface area (Å²) in [4.78, 5) is 0. The van der Waals surface area contributed by atoms with E-state index in [9.17, 15) is 10.4 Å². The number of phenolic OH excluding ortho intramolecular Hbond substituents is 1. The van der Waals surface area contributed by atoms with Crippen LogP contribution in [0.15, 0.2) is 52.3 Å². The van der Waals surface area contributed by atoms with Crippen molar-refractivity contribution in [3.63, 3.8) is 0 Å². The molecule has 0 saturated heterocycles. The molecule has 2 heterocycles. The third-order valence-corrected chi connectivity index (χ3v) is 5.68. The first-order chi connectivity index (χ1) is 15.5. The summed E-state index contributed by atoms with van der Waals surface area (Å²) in [5, 5.41) is 27.6. The maximum atomic E-state index is 10.4. The van der Waals surface area contributed by atoms with E-state index in [1.165, 1.54) is 0 Å². The molecule has 1 atom stereocenters. The second-order valence-corrected chi connectivity index (χ2v) is 7.84. The van der Waals surface area contributed by atoms with Crippen molar-refractivity contribution in [1.82, 2.24) is 10.2 Å². The van der Waals surface area contributed by atoms with E-state index in [1.54, 1.807) is 12.1 Å². The van der Waals surface area contributed by atoms with Crippen molar-refractivity contribution in [2.45, 2.75) is 19.8 Å². The summed E-state index contributed by atoms with van der Waals surface area (Å²) in [6.07, 6.45) is 0. The Morgan fingerprint density at radius 2 is 1.94 bits per heavy atom. The number of phenols is 1. The molecule has 8 nitrogen and oxygen atoms in total. The number of nitriles is 1. The van der Waals surface area contributed by atoms with E-state index in [0.29, 0.717) is 40.3 Å². The molecule has 3 aromatic rings. The molecule has 0 bridgehead atoms. The van der Waals surface area contributed by atoms with Gasteiger partial charge in [-0.25, -0.2) is 0 Å². The van der Waals surface area contributed by atoms with Crippen LogP contribution in [0.2, 0.25) is 0 Å². The van der Waals surface area contributed by atoms with Crippen LogP contribution in [0.1, 0.15) is 30.9 Å². The summed E-state index contributed by atoms with van der Waals surface area (Å²) in [5.41, 5.74) is 9.20. The molecule has 0 saturated carbocycles. The number of hydrogen-bond donors (Lipinski definition) is 3. The summed E-state index contributed by atoms with van der Waals surface area (Å²) in [7, 11) is 0. The Hall–Kier alpha value is -3.64. The van der Waals surface area contributed by atoms with Crippen molar-refractivity contribution in [3.05, 3.63) is 63.5 Å². The third kappa shape index (κ3) is 3.74. The lowest BCUT2D eigenvalue weighted by Gasteiger charge is -2.25. The molecule has 0 aliphatic carbocycles. The number of aromatic nitrogens is 2.